The summed E-state index contributed by atoms with van der Waals surface area (Å²) in [5.74, 6) is 1.62. The molecule has 0 aliphatic heterocycles. The highest BCUT2D eigenvalue weighted by molar-refractivity contribution is 5.91. The Morgan fingerprint density at radius 1 is 1.40 bits per heavy atom. The lowest BCUT2D eigenvalue weighted by Crippen LogP contribution is -2.16. The number of amides is 1. The average Bonchev–Trinajstić information content (AvgIpc) is 2.45. The van der Waals surface area contributed by atoms with E-state index in [9.17, 15) is 4.79 Å². The van der Waals surface area contributed by atoms with E-state index in [1.54, 1.807) is 25.3 Å². The Kier molecular flexibility index (Phi) is 6.87. The molecule has 5 heteroatoms. The van der Waals surface area contributed by atoms with Crippen molar-refractivity contribution in [3.8, 4) is 11.5 Å². The predicted molar refractivity (Wildman–Crippen MR) is 80.2 cm³/mol. The maximum atomic E-state index is 11.8. The molecule has 0 heterocycles. The lowest BCUT2D eigenvalue weighted by molar-refractivity contribution is -0.116. The second-order valence-corrected chi connectivity index (χ2v) is 4.73. The Morgan fingerprint density at radius 2 is 2.15 bits per heavy atom. The van der Waals surface area contributed by atoms with Crippen molar-refractivity contribution in [1.29, 1.82) is 0 Å². The summed E-state index contributed by atoms with van der Waals surface area (Å²) in [6.07, 6.45) is 1.26. The third-order valence-corrected chi connectivity index (χ3v) is 3.01. The molecule has 0 saturated carbocycles. The van der Waals surface area contributed by atoms with Crippen LogP contribution in [0.25, 0.3) is 0 Å². The van der Waals surface area contributed by atoms with Crippen molar-refractivity contribution >= 4 is 11.6 Å². The van der Waals surface area contributed by atoms with E-state index < -0.39 is 0 Å². The van der Waals surface area contributed by atoms with E-state index in [2.05, 4.69) is 5.32 Å². The highest BCUT2D eigenvalue weighted by Crippen LogP contribution is 2.30. The summed E-state index contributed by atoms with van der Waals surface area (Å²) in [5, 5.41) is 2.86. The minimum Gasteiger partial charge on any atom is -0.493 e. The fourth-order valence-corrected chi connectivity index (χ4v) is 1.74. The SMILES string of the molecule is CCOc1cc(NC(=O)CCC(C)CN)ccc1OC. The molecule has 1 aromatic rings. The molecule has 1 aromatic carbocycles. The fourth-order valence-electron chi connectivity index (χ4n) is 1.74. The summed E-state index contributed by atoms with van der Waals surface area (Å²) in [6.45, 7) is 5.08. The maximum absolute atomic E-state index is 11.8. The number of nitrogens with one attached hydrogen (secondary N) is 1. The molecule has 1 unspecified atom stereocenters. The zero-order chi connectivity index (χ0) is 15.0. The number of rotatable bonds is 8. The molecule has 5 nitrogen and oxygen atoms in total. The van der Waals surface area contributed by atoms with Crippen LogP contribution in [0.5, 0.6) is 11.5 Å². The van der Waals surface area contributed by atoms with Crippen molar-refractivity contribution < 1.29 is 14.3 Å². The summed E-state index contributed by atoms with van der Waals surface area (Å²) >= 11 is 0. The topological polar surface area (TPSA) is 73.6 Å². The van der Waals surface area contributed by atoms with Gasteiger partial charge in [-0.15, -0.1) is 0 Å². The molecule has 20 heavy (non-hydrogen) atoms. The Bertz CT molecular complexity index is 435. The van der Waals surface area contributed by atoms with Crippen LogP contribution >= 0.6 is 0 Å². The van der Waals surface area contributed by atoms with Gasteiger partial charge in [0.1, 0.15) is 0 Å². The van der Waals surface area contributed by atoms with Crippen molar-refractivity contribution in [1.82, 2.24) is 0 Å². The van der Waals surface area contributed by atoms with Gasteiger partial charge in [-0.2, -0.15) is 0 Å². The molecule has 0 aliphatic carbocycles. The molecule has 0 bridgehead atoms. The quantitative estimate of drug-likeness (QED) is 0.767. The summed E-state index contributed by atoms with van der Waals surface area (Å²) < 4.78 is 10.7. The minimum absolute atomic E-state index is 0.0158. The Morgan fingerprint density at radius 3 is 2.75 bits per heavy atom. The number of anilines is 1. The summed E-state index contributed by atoms with van der Waals surface area (Å²) in [5.41, 5.74) is 6.24. The summed E-state index contributed by atoms with van der Waals surface area (Å²) in [7, 11) is 1.59. The molecule has 0 aliphatic rings. The second-order valence-electron chi connectivity index (χ2n) is 4.73. The smallest absolute Gasteiger partial charge is 0.224 e. The van der Waals surface area contributed by atoms with Gasteiger partial charge in [0, 0.05) is 18.2 Å². The molecule has 1 atom stereocenters. The van der Waals surface area contributed by atoms with Crippen LogP contribution in [0.1, 0.15) is 26.7 Å². The first-order valence-corrected chi connectivity index (χ1v) is 6.91. The Balaban J connectivity index is 2.63. The van der Waals surface area contributed by atoms with Crippen molar-refractivity contribution in [2.45, 2.75) is 26.7 Å². The van der Waals surface area contributed by atoms with Crippen LogP contribution in [0, 0.1) is 5.92 Å². The number of nitrogens with two attached hydrogens (primary N) is 1. The van der Waals surface area contributed by atoms with Crippen molar-refractivity contribution in [2.24, 2.45) is 11.7 Å². The number of carbonyl (C=O) groups excluding carboxylic acids is 1. The fraction of sp³-hybridized carbons (Fsp3) is 0.533. The van der Waals surface area contributed by atoms with Crippen LogP contribution in [-0.4, -0.2) is 26.2 Å². The van der Waals surface area contributed by atoms with Gasteiger partial charge in [0.25, 0.3) is 0 Å². The van der Waals surface area contributed by atoms with E-state index in [1.807, 2.05) is 13.8 Å². The minimum atomic E-state index is -0.0158. The van der Waals surface area contributed by atoms with Crippen molar-refractivity contribution in [3.05, 3.63) is 18.2 Å². The second kappa shape index (κ2) is 8.43. The van der Waals surface area contributed by atoms with Crippen LogP contribution in [0.2, 0.25) is 0 Å². The molecule has 112 valence electrons. The molecule has 0 aromatic heterocycles. The number of hydrogen-bond donors (Lipinski definition) is 2. The number of benzene rings is 1. The first-order chi connectivity index (χ1) is 9.60. The summed E-state index contributed by atoms with van der Waals surface area (Å²) in [4.78, 5) is 11.8. The van der Waals surface area contributed by atoms with Gasteiger partial charge in [0.2, 0.25) is 5.91 Å². The van der Waals surface area contributed by atoms with Crippen LogP contribution in [0.15, 0.2) is 18.2 Å². The first-order valence-electron chi connectivity index (χ1n) is 6.91. The highest BCUT2D eigenvalue weighted by Gasteiger charge is 2.09. The third kappa shape index (κ3) is 5.09. The monoisotopic (exact) mass is 280 g/mol. The molecule has 0 spiro atoms. The van der Waals surface area contributed by atoms with Crippen molar-refractivity contribution in [3.63, 3.8) is 0 Å². The van der Waals surface area contributed by atoms with Gasteiger partial charge in [-0.1, -0.05) is 6.92 Å². The molecule has 0 saturated heterocycles. The lowest BCUT2D eigenvalue weighted by Gasteiger charge is -2.12. The molecule has 0 fully saturated rings. The van der Waals surface area contributed by atoms with E-state index in [4.69, 9.17) is 15.2 Å². The van der Waals surface area contributed by atoms with E-state index in [0.717, 1.165) is 6.42 Å². The van der Waals surface area contributed by atoms with E-state index >= 15 is 0 Å². The molecule has 1 rings (SSSR count). The zero-order valence-corrected chi connectivity index (χ0v) is 12.4. The van der Waals surface area contributed by atoms with Gasteiger partial charge < -0.3 is 20.5 Å². The Labute approximate surface area is 120 Å². The number of ether oxygens (including phenoxy) is 2. The summed E-state index contributed by atoms with van der Waals surface area (Å²) in [6, 6.07) is 5.35. The van der Waals surface area contributed by atoms with Crippen LogP contribution in [-0.2, 0) is 4.79 Å². The molecule has 1 amide bonds. The maximum Gasteiger partial charge on any atom is 0.224 e. The standard InChI is InChI=1S/C15H24N2O3/c1-4-20-14-9-12(6-7-13(14)19-3)17-15(18)8-5-11(2)10-16/h6-7,9,11H,4-5,8,10,16H2,1-3H3,(H,17,18). The first kappa shape index (κ1) is 16.3. The van der Waals surface area contributed by atoms with Crippen LogP contribution in [0.3, 0.4) is 0 Å². The molecular formula is C15H24N2O3. The molecule has 3 N–H and O–H groups in total. The van der Waals surface area contributed by atoms with Gasteiger partial charge in [-0.3, -0.25) is 4.79 Å². The van der Waals surface area contributed by atoms with Gasteiger partial charge in [-0.05, 0) is 37.9 Å². The lowest BCUT2D eigenvalue weighted by atomic mass is 10.1. The van der Waals surface area contributed by atoms with Gasteiger partial charge in [-0.25, -0.2) is 0 Å². The van der Waals surface area contributed by atoms with Crippen LogP contribution in [0.4, 0.5) is 5.69 Å². The van der Waals surface area contributed by atoms with Gasteiger partial charge in [0.15, 0.2) is 11.5 Å². The number of hydrogen-bond acceptors (Lipinski definition) is 4. The van der Waals surface area contributed by atoms with E-state index in [0.29, 0.717) is 42.7 Å². The predicted octanol–water partition coefficient (Wildman–Crippen LogP) is 2.41. The number of methoxy groups -OCH3 is 1. The number of carbonyl (C=O) groups is 1. The average molecular weight is 280 g/mol. The van der Waals surface area contributed by atoms with Crippen molar-refractivity contribution in [2.75, 3.05) is 25.6 Å². The van der Waals surface area contributed by atoms with Gasteiger partial charge >= 0.3 is 0 Å². The van der Waals surface area contributed by atoms with E-state index in [1.165, 1.54) is 0 Å². The van der Waals surface area contributed by atoms with E-state index in [-0.39, 0.29) is 5.91 Å². The normalized spacial score (nSPS) is 11.8. The Hall–Kier alpha value is -1.75. The molecule has 0 radical (unpaired) electrons. The highest BCUT2D eigenvalue weighted by atomic mass is 16.5. The third-order valence-electron chi connectivity index (χ3n) is 3.01. The largest absolute Gasteiger partial charge is 0.493 e. The zero-order valence-electron chi connectivity index (χ0n) is 12.4. The van der Waals surface area contributed by atoms with Gasteiger partial charge in [0.05, 0.1) is 13.7 Å². The van der Waals surface area contributed by atoms with Crippen LogP contribution < -0.4 is 20.5 Å². The molecular weight excluding hydrogens is 256 g/mol.